The monoisotopic (exact) mass is 435 g/mol. The van der Waals surface area contributed by atoms with Crippen molar-refractivity contribution in [1.29, 1.82) is 0 Å². The summed E-state index contributed by atoms with van der Waals surface area (Å²) in [4.78, 5) is 12.8. The van der Waals surface area contributed by atoms with E-state index in [0.29, 0.717) is 17.9 Å². The van der Waals surface area contributed by atoms with Gasteiger partial charge in [0.2, 0.25) is 0 Å². The number of sulfone groups is 1. The molecule has 0 bridgehead atoms. The number of aliphatic hydroxyl groups excluding tert-OH is 1. The lowest BCUT2D eigenvalue weighted by atomic mass is 10.00. The van der Waals surface area contributed by atoms with Crippen LogP contribution in [0.15, 0.2) is 30.3 Å². The van der Waals surface area contributed by atoms with Gasteiger partial charge in [0.15, 0.2) is 15.5 Å². The minimum Gasteiger partial charge on any atom is -0.497 e. The second-order valence-electron chi connectivity index (χ2n) is 7.79. The molecule has 1 aliphatic heterocycles. The fourth-order valence-corrected chi connectivity index (χ4v) is 5.32. The molecule has 0 unspecified atom stereocenters. The number of hydrogen-bond donors (Lipinski definition) is 2. The van der Waals surface area contributed by atoms with Crippen molar-refractivity contribution in [2.45, 2.75) is 38.8 Å². The van der Waals surface area contributed by atoms with E-state index in [9.17, 15) is 18.3 Å². The Morgan fingerprint density at radius 2 is 2.07 bits per heavy atom. The highest BCUT2D eigenvalue weighted by Gasteiger charge is 2.32. The van der Waals surface area contributed by atoms with Crippen LogP contribution in [0.4, 0.5) is 0 Å². The van der Waals surface area contributed by atoms with E-state index >= 15 is 0 Å². The Labute approximate surface area is 177 Å². The maximum Gasteiger partial charge on any atom is 0.272 e. The Balaban J connectivity index is 1.96. The van der Waals surface area contributed by atoms with Gasteiger partial charge in [-0.1, -0.05) is 20.3 Å². The molecule has 1 amide bonds. The molecule has 0 aliphatic carbocycles. The van der Waals surface area contributed by atoms with E-state index in [1.165, 1.54) is 0 Å². The van der Waals surface area contributed by atoms with Crippen molar-refractivity contribution in [2.75, 3.05) is 25.2 Å². The molecule has 0 spiro atoms. The van der Waals surface area contributed by atoms with Crippen LogP contribution in [-0.2, 0) is 9.84 Å². The minimum atomic E-state index is -3.12. The lowest BCUT2D eigenvalue weighted by molar-refractivity contribution is 0.0885. The molecular formula is C21H29N3O5S. The fraction of sp³-hybridized carbons (Fsp3) is 0.524. The smallest absolute Gasteiger partial charge is 0.272 e. The normalized spacial score (nSPS) is 19.9. The van der Waals surface area contributed by atoms with Crippen molar-refractivity contribution >= 4 is 15.7 Å². The van der Waals surface area contributed by atoms with Crippen LogP contribution in [-0.4, -0.2) is 60.5 Å². The van der Waals surface area contributed by atoms with Gasteiger partial charge in [-0.2, -0.15) is 5.10 Å². The quantitative estimate of drug-likeness (QED) is 0.657. The second kappa shape index (κ2) is 9.18. The number of methoxy groups -OCH3 is 1. The van der Waals surface area contributed by atoms with E-state index < -0.39 is 9.84 Å². The number of benzene rings is 1. The molecule has 9 heteroatoms. The highest BCUT2D eigenvalue weighted by molar-refractivity contribution is 7.91. The van der Waals surface area contributed by atoms with Gasteiger partial charge in [-0.05, 0) is 42.7 Å². The first-order chi connectivity index (χ1) is 14.3. The zero-order chi connectivity index (χ0) is 21.9. The van der Waals surface area contributed by atoms with Gasteiger partial charge in [-0.25, -0.2) is 8.42 Å². The molecule has 1 saturated heterocycles. The average molecular weight is 436 g/mol. The zero-order valence-corrected chi connectivity index (χ0v) is 18.4. The highest BCUT2D eigenvalue weighted by atomic mass is 32.2. The van der Waals surface area contributed by atoms with Gasteiger partial charge in [0.1, 0.15) is 5.75 Å². The number of hydrogen-bond acceptors (Lipinski definition) is 6. The summed E-state index contributed by atoms with van der Waals surface area (Å²) in [5.41, 5.74) is 1.69. The summed E-state index contributed by atoms with van der Waals surface area (Å²) in [6, 6.07) is 8.30. The zero-order valence-electron chi connectivity index (χ0n) is 17.5. The molecule has 3 atom stereocenters. The van der Waals surface area contributed by atoms with Gasteiger partial charge in [0.05, 0.1) is 43.0 Å². The Morgan fingerprint density at radius 1 is 1.37 bits per heavy atom. The first kappa shape index (κ1) is 22.3. The number of aromatic nitrogens is 2. The van der Waals surface area contributed by atoms with Crippen LogP contribution in [0.1, 0.15) is 43.2 Å². The molecule has 8 nitrogen and oxygen atoms in total. The van der Waals surface area contributed by atoms with E-state index in [2.05, 4.69) is 10.4 Å². The van der Waals surface area contributed by atoms with Gasteiger partial charge in [0.25, 0.3) is 5.91 Å². The summed E-state index contributed by atoms with van der Waals surface area (Å²) in [5, 5.41) is 16.9. The molecule has 164 valence electrons. The predicted molar refractivity (Wildman–Crippen MR) is 114 cm³/mol. The van der Waals surface area contributed by atoms with Gasteiger partial charge in [-0.3, -0.25) is 9.48 Å². The Bertz CT molecular complexity index is 985. The number of nitrogens with one attached hydrogen (secondary N) is 1. The standard InChI is InChI=1S/C21H29N3O5S/c1-4-14(2)19(12-25)22-21(26)18-11-20(15-5-7-17(29-3)8-6-15)24(23-18)16-9-10-30(27,28)13-16/h5-8,11,14,16,19,25H,4,9-10,12-13H2,1-3H3,(H,22,26)/t14-,16-,19-/m0/s1. The third kappa shape index (κ3) is 4.84. The molecule has 1 aromatic carbocycles. The first-order valence-electron chi connectivity index (χ1n) is 10.1. The summed E-state index contributed by atoms with van der Waals surface area (Å²) in [5.74, 6) is 0.545. The fourth-order valence-electron chi connectivity index (χ4n) is 3.62. The molecule has 0 radical (unpaired) electrons. The molecule has 1 aromatic heterocycles. The predicted octanol–water partition coefficient (Wildman–Crippen LogP) is 2.06. The van der Waals surface area contributed by atoms with Crippen LogP contribution in [0.25, 0.3) is 11.3 Å². The maximum absolute atomic E-state index is 12.8. The van der Waals surface area contributed by atoms with E-state index in [0.717, 1.165) is 12.0 Å². The lowest BCUT2D eigenvalue weighted by Gasteiger charge is -2.21. The Kier molecular flexibility index (Phi) is 6.82. The van der Waals surface area contributed by atoms with Crippen molar-refractivity contribution in [1.82, 2.24) is 15.1 Å². The van der Waals surface area contributed by atoms with Crippen LogP contribution in [0, 0.1) is 5.92 Å². The molecule has 1 aliphatic rings. The maximum atomic E-state index is 12.8. The Hall–Kier alpha value is -2.39. The van der Waals surface area contributed by atoms with Gasteiger partial charge >= 0.3 is 0 Å². The number of carbonyl (C=O) groups excluding carboxylic acids is 1. The van der Waals surface area contributed by atoms with Crippen molar-refractivity contribution in [3.63, 3.8) is 0 Å². The van der Waals surface area contributed by atoms with Crippen LogP contribution < -0.4 is 10.1 Å². The summed E-state index contributed by atoms with van der Waals surface area (Å²) >= 11 is 0. The van der Waals surface area contributed by atoms with Crippen molar-refractivity contribution in [2.24, 2.45) is 5.92 Å². The van der Waals surface area contributed by atoms with Gasteiger partial charge in [-0.15, -0.1) is 0 Å². The SMILES string of the molecule is CC[C@H](C)[C@H](CO)NC(=O)c1cc(-c2ccc(OC)cc2)n([C@H]2CCS(=O)(=O)C2)n1. The van der Waals surface area contributed by atoms with Crippen LogP contribution in [0.2, 0.25) is 0 Å². The molecular weight excluding hydrogens is 406 g/mol. The summed E-state index contributed by atoms with van der Waals surface area (Å²) in [6.07, 6.45) is 1.28. The van der Waals surface area contributed by atoms with Gasteiger partial charge < -0.3 is 15.2 Å². The van der Waals surface area contributed by atoms with Crippen molar-refractivity contribution in [3.8, 4) is 17.0 Å². The van der Waals surface area contributed by atoms with E-state index in [-0.39, 0.29) is 47.7 Å². The largest absolute Gasteiger partial charge is 0.497 e. The number of nitrogens with zero attached hydrogens (tertiary/aromatic N) is 2. The molecule has 0 saturated carbocycles. The van der Waals surface area contributed by atoms with E-state index in [1.807, 2.05) is 38.1 Å². The topological polar surface area (TPSA) is 111 Å². The molecule has 2 aromatic rings. The molecule has 30 heavy (non-hydrogen) atoms. The van der Waals surface area contributed by atoms with E-state index in [1.54, 1.807) is 17.9 Å². The number of rotatable bonds is 8. The molecule has 2 N–H and O–H groups in total. The molecule has 1 fully saturated rings. The van der Waals surface area contributed by atoms with E-state index in [4.69, 9.17) is 4.74 Å². The minimum absolute atomic E-state index is 0.00499. The average Bonchev–Trinajstić information content (AvgIpc) is 3.34. The lowest BCUT2D eigenvalue weighted by Crippen LogP contribution is -2.42. The third-order valence-electron chi connectivity index (χ3n) is 5.75. The first-order valence-corrected chi connectivity index (χ1v) is 12.0. The van der Waals surface area contributed by atoms with Gasteiger partial charge in [0, 0.05) is 5.56 Å². The van der Waals surface area contributed by atoms with Crippen LogP contribution in [0.5, 0.6) is 5.75 Å². The third-order valence-corrected chi connectivity index (χ3v) is 7.50. The molecule has 3 rings (SSSR count). The summed E-state index contributed by atoms with van der Waals surface area (Å²) < 4.78 is 30.9. The second-order valence-corrected chi connectivity index (χ2v) is 10.0. The molecule has 2 heterocycles. The summed E-state index contributed by atoms with van der Waals surface area (Å²) in [7, 11) is -1.53. The van der Waals surface area contributed by atoms with Crippen LogP contribution in [0.3, 0.4) is 0 Å². The number of carbonyl (C=O) groups is 1. The van der Waals surface area contributed by atoms with Crippen molar-refractivity contribution in [3.05, 3.63) is 36.0 Å². The highest BCUT2D eigenvalue weighted by Crippen LogP contribution is 2.31. The number of ether oxygens (including phenoxy) is 1. The Morgan fingerprint density at radius 3 is 2.60 bits per heavy atom. The van der Waals surface area contributed by atoms with Crippen LogP contribution >= 0.6 is 0 Å². The summed E-state index contributed by atoms with van der Waals surface area (Å²) in [6.45, 7) is 3.80. The number of aliphatic hydroxyl groups is 1. The number of amides is 1. The van der Waals surface area contributed by atoms with Crippen molar-refractivity contribution < 1.29 is 23.1 Å².